The first kappa shape index (κ1) is 15.8. The van der Waals surface area contributed by atoms with Gasteiger partial charge < -0.3 is 25.6 Å². The minimum atomic E-state index is -0.990. The molecule has 2 rings (SSSR count). The Morgan fingerprint density at radius 3 is 2.81 bits per heavy atom. The molecule has 0 spiro atoms. The molecule has 0 aliphatic carbocycles. The number of amides is 1. The molecule has 0 aromatic heterocycles. The van der Waals surface area contributed by atoms with E-state index in [1.807, 2.05) is 19.1 Å². The van der Waals surface area contributed by atoms with E-state index in [1.165, 1.54) is 4.90 Å². The fourth-order valence-corrected chi connectivity index (χ4v) is 2.35. The molecule has 1 heterocycles. The first-order valence-electron chi connectivity index (χ1n) is 7.14. The average molecular weight is 294 g/mol. The summed E-state index contributed by atoms with van der Waals surface area (Å²) < 4.78 is 5.58. The van der Waals surface area contributed by atoms with E-state index >= 15 is 0 Å². The normalized spacial score (nSPS) is 20.7. The lowest BCUT2D eigenvalue weighted by Gasteiger charge is -2.34. The highest BCUT2D eigenvalue weighted by Crippen LogP contribution is 2.36. The lowest BCUT2D eigenvalue weighted by atomic mass is 10.0. The molecule has 0 fully saturated rings. The van der Waals surface area contributed by atoms with E-state index < -0.39 is 18.8 Å². The van der Waals surface area contributed by atoms with Gasteiger partial charge in [-0.15, -0.1) is 0 Å². The number of nitrogens with zero attached hydrogens (tertiary/aromatic N) is 1. The molecular formula is C15H22N2O4. The molecule has 3 atom stereocenters. The van der Waals surface area contributed by atoms with Gasteiger partial charge in [0.05, 0.1) is 24.9 Å². The summed E-state index contributed by atoms with van der Waals surface area (Å²) in [6.45, 7) is 3.28. The lowest BCUT2D eigenvalue weighted by Crippen LogP contribution is -2.48. The second kappa shape index (κ2) is 6.43. The summed E-state index contributed by atoms with van der Waals surface area (Å²) in [5, 5.41) is 18.7. The van der Waals surface area contributed by atoms with Gasteiger partial charge in [-0.3, -0.25) is 4.79 Å². The van der Waals surface area contributed by atoms with Crippen LogP contribution in [-0.2, 0) is 4.79 Å². The molecule has 4 N–H and O–H groups in total. The number of fused-ring (bicyclic) bond motifs is 1. The van der Waals surface area contributed by atoms with Crippen LogP contribution in [0, 0.1) is 0 Å². The largest absolute Gasteiger partial charge is 0.479 e. The van der Waals surface area contributed by atoms with Crippen LogP contribution in [0.5, 0.6) is 5.75 Å². The molecule has 0 radical (unpaired) electrons. The van der Waals surface area contributed by atoms with E-state index in [2.05, 4.69) is 0 Å². The summed E-state index contributed by atoms with van der Waals surface area (Å²) in [6.07, 6.45) is -0.826. The number of rotatable bonds is 5. The van der Waals surface area contributed by atoms with Crippen molar-refractivity contribution in [2.24, 2.45) is 5.73 Å². The van der Waals surface area contributed by atoms with Gasteiger partial charge in [-0.1, -0.05) is 13.0 Å². The highest BCUT2D eigenvalue weighted by molar-refractivity contribution is 6.00. The van der Waals surface area contributed by atoms with E-state index in [0.717, 1.165) is 12.0 Å². The van der Waals surface area contributed by atoms with Gasteiger partial charge in [0.2, 0.25) is 0 Å². The second-order valence-corrected chi connectivity index (χ2v) is 5.29. The van der Waals surface area contributed by atoms with Crippen LogP contribution in [0.2, 0.25) is 0 Å². The molecule has 1 aromatic rings. The summed E-state index contributed by atoms with van der Waals surface area (Å²) >= 11 is 0. The number of β-amino-alcohol motifs (C(OH)–C–C–N with tert-alkyl or cyclic N) is 1. The number of hydrogen-bond acceptors (Lipinski definition) is 5. The summed E-state index contributed by atoms with van der Waals surface area (Å²) in [4.78, 5) is 13.7. The Balaban J connectivity index is 2.39. The topological polar surface area (TPSA) is 96.0 Å². The highest BCUT2D eigenvalue weighted by Gasteiger charge is 2.32. The van der Waals surface area contributed by atoms with Crippen LogP contribution >= 0.6 is 0 Å². The molecule has 1 aliphatic rings. The number of carbonyl (C=O) groups is 1. The van der Waals surface area contributed by atoms with Crippen molar-refractivity contribution < 1.29 is 19.7 Å². The first-order valence-corrected chi connectivity index (χ1v) is 7.14. The summed E-state index contributed by atoms with van der Waals surface area (Å²) in [5.74, 6) is 0.344. The van der Waals surface area contributed by atoms with Crippen LogP contribution in [0.15, 0.2) is 18.2 Å². The number of hydrogen-bond donors (Lipinski definition) is 3. The van der Waals surface area contributed by atoms with E-state index in [0.29, 0.717) is 11.4 Å². The minimum absolute atomic E-state index is 0.0286. The smallest absolute Gasteiger partial charge is 0.267 e. The van der Waals surface area contributed by atoms with Gasteiger partial charge in [0.15, 0.2) is 6.10 Å². The average Bonchev–Trinajstić information content (AvgIpc) is 2.50. The van der Waals surface area contributed by atoms with Gasteiger partial charge in [-0.2, -0.15) is 0 Å². The predicted octanol–water partition coefficient (Wildman–Crippen LogP) is 0.563. The number of benzene rings is 1. The zero-order valence-corrected chi connectivity index (χ0v) is 12.3. The Labute approximate surface area is 124 Å². The number of carbonyl (C=O) groups excluding carboxylic acids is 1. The number of nitrogens with two attached hydrogens (primary N) is 1. The van der Waals surface area contributed by atoms with Crippen LogP contribution in [0.3, 0.4) is 0 Å². The van der Waals surface area contributed by atoms with Crippen LogP contribution in [-0.4, -0.2) is 41.5 Å². The van der Waals surface area contributed by atoms with Gasteiger partial charge in [-0.05, 0) is 31.0 Å². The Kier molecular flexibility index (Phi) is 4.82. The lowest BCUT2D eigenvalue weighted by molar-refractivity contribution is -0.126. The maximum absolute atomic E-state index is 12.3. The van der Waals surface area contributed by atoms with Crippen LogP contribution in [0.25, 0.3) is 0 Å². The monoisotopic (exact) mass is 294 g/mol. The Morgan fingerprint density at radius 1 is 1.48 bits per heavy atom. The fourth-order valence-electron chi connectivity index (χ4n) is 2.35. The third-order valence-corrected chi connectivity index (χ3v) is 3.66. The van der Waals surface area contributed by atoms with Gasteiger partial charge in [0.25, 0.3) is 5.91 Å². The van der Waals surface area contributed by atoms with E-state index in [-0.39, 0.29) is 18.5 Å². The molecule has 0 bridgehead atoms. The minimum Gasteiger partial charge on any atom is -0.479 e. The highest BCUT2D eigenvalue weighted by atomic mass is 16.5. The number of aliphatic hydroxyl groups excluding tert-OH is 2. The quantitative estimate of drug-likeness (QED) is 0.737. The molecule has 116 valence electrons. The van der Waals surface area contributed by atoms with Crippen molar-refractivity contribution in [1.29, 1.82) is 0 Å². The molecule has 0 saturated heterocycles. The SMILES string of the molecule is CCC(N)c1ccc2c(c1)N(CC(O)CO)C(=O)C(C)O2. The molecule has 21 heavy (non-hydrogen) atoms. The number of anilines is 1. The van der Waals surface area contributed by atoms with E-state index in [1.54, 1.807) is 13.0 Å². The van der Waals surface area contributed by atoms with Crippen molar-refractivity contribution in [1.82, 2.24) is 0 Å². The molecular weight excluding hydrogens is 272 g/mol. The maximum atomic E-state index is 12.3. The standard InChI is InChI=1S/C15H22N2O4/c1-3-12(16)10-4-5-14-13(6-10)17(7-11(19)8-18)15(20)9(2)21-14/h4-6,9,11-12,18-19H,3,7-8,16H2,1-2H3. The first-order chi connectivity index (χ1) is 9.97. The van der Waals surface area contributed by atoms with Gasteiger partial charge in [-0.25, -0.2) is 0 Å². The van der Waals surface area contributed by atoms with Crippen molar-refractivity contribution in [2.75, 3.05) is 18.1 Å². The molecule has 3 unspecified atom stereocenters. The van der Waals surface area contributed by atoms with Crippen LogP contribution in [0.1, 0.15) is 31.9 Å². The number of aliphatic hydroxyl groups is 2. The zero-order valence-electron chi connectivity index (χ0n) is 12.3. The summed E-state index contributed by atoms with van der Waals surface area (Å²) in [7, 11) is 0. The molecule has 6 nitrogen and oxygen atoms in total. The molecule has 1 aromatic carbocycles. The van der Waals surface area contributed by atoms with Crippen molar-refractivity contribution in [3.8, 4) is 5.75 Å². The molecule has 1 aliphatic heterocycles. The summed E-state index contributed by atoms with van der Waals surface area (Å²) in [6, 6.07) is 5.38. The van der Waals surface area contributed by atoms with Crippen molar-refractivity contribution in [3.63, 3.8) is 0 Å². The predicted molar refractivity (Wildman–Crippen MR) is 79.2 cm³/mol. The zero-order chi connectivity index (χ0) is 15.6. The third kappa shape index (κ3) is 3.18. The summed E-state index contributed by atoms with van der Waals surface area (Å²) in [5.41, 5.74) is 7.53. The van der Waals surface area contributed by atoms with Crippen LogP contribution < -0.4 is 15.4 Å². The van der Waals surface area contributed by atoms with E-state index in [4.69, 9.17) is 15.6 Å². The second-order valence-electron chi connectivity index (χ2n) is 5.29. The van der Waals surface area contributed by atoms with Gasteiger partial charge >= 0.3 is 0 Å². The van der Waals surface area contributed by atoms with Gasteiger partial charge in [0.1, 0.15) is 5.75 Å². The van der Waals surface area contributed by atoms with Crippen molar-refractivity contribution in [2.45, 2.75) is 38.5 Å². The Morgan fingerprint density at radius 2 is 2.19 bits per heavy atom. The fraction of sp³-hybridized carbons (Fsp3) is 0.533. The molecule has 6 heteroatoms. The number of ether oxygens (including phenoxy) is 1. The Hall–Kier alpha value is -1.63. The Bertz CT molecular complexity index is 520. The molecule has 1 amide bonds. The van der Waals surface area contributed by atoms with Crippen LogP contribution in [0.4, 0.5) is 5.69 Å². The van der Waals surface area contributed by atoms with Gasteiger partial charge in [0, 0.05) is 6.04 Å². The van der Waals surface area contributed by atoms with Crippen molar-refractivity contribution >= 4 is 11.6 Å². The van der Waals surface area contributed by atoms with Crippen molar-refractivity contribution in [3.05, 3.63) is 23.8 Å². The van der Waals surface area contributed by atoms with E-state index in [9.17, 15) is 9.90 Å². The third-order valence-electron chi connectivity index (χ3n) is 3.66. The maximum Gasteiger partial charge on any atom is 0.267 e. The molecule has 0 saturated carbocycles.